The van der Waals surface area contributed by atoms with Crippen molar-refractivity contribution >= 4 is 5.91 Å². The summed E-state index contributed by atoms with van der Waals surface area (Å²) in [5.74, 6) is 0.123. The molecule has 102 valence electrons. The molecule has 1 aliphatic rings. The molecule has 2 aromatic carbocycles. The molecule has 0 fully saturated rings. The fraction of sp³-hybridized carbons (Fsp3) is 0.235. The van der Waals surface area contributed by atoms with E-state index in [1.165, 1.54) is 11.1 Å². The lowest BCUT2D eigenvalue weighted by Crippen LogP contribution is -2.28. The Bertz CT molecular complexity index is 584. The van der Waals surface area contributed by atoms with Gasteiger partial charge >= 0.3 is 0 Å². The SMILES string of the molecule is N[C@H](CC(=O)N1Cc2ccccc2C1)c1ccccc1. The van der Waals surface area contributed by atoms with Gasteiger partial charge in [-0.15, -0.1) is 0 Å². The number of carbonyl (C=O) groups is 1. The van der Waals surface area contributed by atoms with E-state index in [1.54, 1.807) is 0 Å². The maximum absolute atomic E-state index is 12.3. The summed E-state index contributed by atoms with van der Waals surface area (Å²) in [5, 5.41) is 0. The predicted octanol–water partition coefficient (Wildman–Crippen LogP) is 2.62. The van der Waals surface area contributed by atoms with Crippen LogP contribution in [-0.4, -0.2) is 10.8 Å². The van der Waals surface area contributed by atoms with Gasteiger partial charge < -0.3 is 10.6 Å². The van der Waals surface area contributed by atoms with Crippen LogP contribution in [0.15, 0.2) is 54.6 Å². The van der Waals surface area contributed by atoms with Crippen molar-refractivity contribution in [2.75, 3.05) is 0 Å². The average molecular weight is 266 g/mol. The Morgan fingerprint density at radius 2 is 1.55 bits per heavy atom. The standard InChI is InChI=1S/C17H18N2O/c18-16(13-6-2-1-3-7-13)10-17(20)19-11-14-8-4-5-9-15(14)12-19/h1-9,16H,10-12,18H2/t16-/m1/s1. The van der Waals surface area contributed by atoms with Gasteiger partial charge in [0.05, 0.1) is 0 Å². The van der Waals surface area contributed by atoms with Crippen LogP contribution in [0.1, 0.15) is 29.2 Å². The van der Waals surface area contributed by atoms with Crippen molar-refractivity contribution in [3.63, 3.8) is 0 Å². The third-order valence-electron chi connectivity index (χ3n) is 3.82. The zero-order valence-corrected chi connectivity index (χ0v) is 11.3. The Labute approximate surface area is 119 Å². The molecule has 1 aliphatic heterocycles. The lowest BCUT2D eigenvalue weighted by Gasteiger charge is -2.18. The lowest BCUT2D eigenvalue weighted by molar-refractivity contribution is -0.132. The topological polar surface area (TPSA) is 46.3 Å². The van der Waals surface area contributed by atoms with Crippen LogP contribution in [-0.2, 0) is 17.9 Å². The van der Waals surface area contributed by atoms with E-state index in [0.717, 1.165) is 5.56 Å². The van der Waals surface area contributed by atoms with Crippen molar-refractivity contribution in [3.05, 3.63) is 71.3 Å². The molecular weight excluding hydrogens is 248 g/mol. The van der Waals surface area contributed by atoms with Gasteiger partial charge in [0.15, 0.2) is 0 Å². The second kappa shape index (κ2) is 5.47. The van der Waals surface area contributed by atoms with E-state index in [2.05, 4.69) is 12.1 Å². The van der Waals surface area contributed by atoms with Gasteiger partial charge in [-0.2, -0.15) is 0 Å². The highest BCUT2D eigenvalue weighted by molar-refractivity contribution is 5.77. The van der Waals surface area contributed by atoms with E-state index >= 15 is 0 Å². The number of hydrogen-bond donors (Lipinski definition) is 1. The van der Waals surface area contributed by atoms with Gasteiger partial charge in [0.25, 0.3) is 0 Å². The highest BCUT2D eigenvalue weighted by atomic mass is 16.2. The largest absolute Gasteiger partial charge is 0.334 e. The molecule has 3 nitrogen and oxygen atoms in total. The normalized spacial score (nSPS) is 14.9. The number of fused-ring (bicyclic) bond motifs is 1. The maximum Gasteiger partial charge on any atom is 0.225 e. The first-order chi connectivity index (χ1) is 9.74. The zero-order chi connectivity index (χ0) is 13.9. The van der Waals surface area contributed by atoms with Gasteiger partial charge in [0.2, 0.25) is 5.91 Å². The quantitative estimate of drug-likeness (QED) is 0.928. The molecule has 0 aliphatic carbocycles. The van der Waals surface area contributed by atoms with Gasteiger partial charge in [-0.05, 0) is 16.7 Å². The third-order valence-corrected chi connectivity index (χ3v) is 3.82. The summed E-state index contributed by atoms with van der Waals surface area (Å²) in [7, 11) is 0. The minimum Gasteiger partial charge on any atom is -0.334 e. The molecule has 0 bridgehead atoms. The minimum absolute atomic E-state index is 0.123. The Balaban J connectivity index is 1.64. The Morgan fingerprint density at radius 1 is 1.00 bits per heavy atom. The monoisotopic (exact) mass is 266 g/mol. The van der Waals surface area contributed by atoms with E-state index in [9.17, 15) is 4.79 Å². The molecule has 1 amide bonds. The van der Waals surface area contributed by atoms with Gasteiger partial charge in [0.1, 0.15) is 0 Å². The van der Waals surface area contributed by atoms with E-state index < -0.39 is 0 Å². The minimum atomic E-state index is -0.229. The van der Waals surface area contributed by atoms with Gasteiger partial charge in [-0.3, -0.25) is 4.79 Å². The Kier molecular flexibility index (Phi) is 3.52. The molecule has 20 heavy (non-hydrogen) atoms. The van der Waals surface area contributed by atoms with Crippen LogP contribution in [0.5, 0.6) is 0 Å². The Hall–Kier alpha value is -2.13. The van der Waals surface area contributed by atoms with Crippen molar-refractivity contribution in [2.45, 2.75) is 25.6 Å². The summed E-state index contributed by atoms with van der Waals surface area (Å²) >= 11 is 0. The summed E-state index contributed by atoms with van der Waals surface area (Å²) in [4.78, 5) is 14.2. The van der Waals surface area contributed by atoms with Crippen LogP contribution in [0.3, 0.4) is 0 Å². The molecule has 1 atom stereocenters. The van der Waals surface area contributed by atoms with E-state index in [-0.39, 0.29) is 11.9 Å². The highest BCUT2D eigenvalue weighted by Crippen LogP contribution is 2.24. The predicted molar refractivity (Wildman–Crippen MR) is 78.7 cm³/mol. The zero-order valence-electron chi connectivity index (χ0n) is 11.3. The molecule has 1 heterocycles. The number of hydrogen-bond acceptors (Lipinski definition) is 2. The van der Waals surface area contributed by atoms with Crippen molar-refractivity contribution in [1.82, 2.24) is 4.90 Å². The van der Waals surface area contributed by atoms with Crippen LogP contribution >= 0.6 is 0 Å². The van der Waals surface area contributed by atoms with E-state index in [0.29, 0.717) is 19.5 Å². The molecule has 0 saturated carbocycles. The van der Waals surface area contributed by atoms with Gasteiger partial charge in [-0.25, -0.2) is 0 Å². The second-order valence-electron chi connectivity index (χ2n) is 5.24. The molecule has 0 spiro atoms. The number of rotatable bonds is 3. The van der Waals surface area contributed by atoms with Gasteiger partial charge in [0, 0.05) is 25.6 Å². The number of nitrogens with zero attached hydrogens (tertiary/aromatic N) is 1. The number of carbonyl (C=O) groups excluding carboxylic acids is 1. The molecular formula is C17H18N2O. The van der Waals surface area contributed by atoms with E-state index in [1.807, 2.05) is 47.4 Å². The first-order valence-corrected chi connectivity index (χ1v) is 6.89. The summed E-state index contributed by atoms with van der Waals surface area (Å²) in [5.41, 5.74) is 9.62. The molecule has 3 heteroatoms. The fourth-order valence-electron chi connectivity index (χ4n) is 2.64. The first-order valence-electron chi connectivity index (χ1n) is 6.89. The number of benzene rings is 2. The Morgan fingerprint density at radius 3 is 2.15 bits per heavy atom. The van der Waals surface area contributed by atoms with E-state index in [4.69, 9.17) is 5.73 Å². The second-order valence-corrected chi connectivity index (χ2v) is 5.24. The number of amides is 1. The maximum atomic E-state index is 12.3. The summed E-state index contributed by atoms with van der Waals surface area (Å²) in [6.07, 6.45) is 0.359. The summed E-state index contributed by atoms with van der Waals surface area (Å²) < 4.78 is 0. The van der Waals surface area contributed by atoms with Crippen molar-refractivity contribution in [2.24, 2.45) is 5.73 Å². The average Bonchev–Trinajstić information content (AvgIpc) is 2.92. The van der Waals surface area contributed by atoms with Crippen molar-refractivity contribution < 1.29 is 4.79 Å². The van der Waals surface area contributed by atoms with Crippen LogP contribution in [0.25, 0.3) is 0 Å². The third kappa shape index (κ3) is 2.58. The lowest BCUT2D eigenvalue weighted by atomic mass is 10.0. The molecule has 0 radical (unpaired) electrons. The van der Waals surface area contributed by atoms with Crippen LogP contribution < -0.4 is 5.73 Å². The van der Waals surface area contributed by atoms with Crippen LogP contribution in [0.4, 0.5) is 0 Å². The van der Waals surface area contributed by atoms with Gasteiger partial charge in [-0.1, -0.05) is 54.6 Å². The first kappa shape index (κ1) is 12.9. The fourth-order valence-corrected chi connectivity index (χ4v) is 2.64. The summed E-state index contributed by atoms with van der Waals surface area (Å²) in [6, 6.07) is 17.8. The highest BCUT2D eigenvalue weighted by Gasteiger charge is 2.24. The number of nitrogens with two attached hydrogens (primary N) is 1. The van der Waals surface area contributed by atoms with Crippen LogP contribution in [0, 0.1) is 0 Å². The van der Waals surface area contributed by atoms with Crippen LogP contribution in [0.2, 0.25) is 0 Å². The molecule has 3 rings (SSSR count). The molecule has 2 N–H and O–H groups in total. The molecule has 0 unspecified atom stereocenters. The van der Waals surface area contributed by atoms with Crippen molar-refractivity contribution in [1.29, 1.82) is 0 Å². The molecule has 2 aromatic rings. The summed E-state index contributed by atoms with van der Waals surface area (Å²) in [6.45, 7) is 1.41. The smallest absolute Gasteiger partial charge is 0.225 e. The van der Waals surface area contributed by atoms with Crippen molar-refractivity contribution in [3.8, 4) is 0 Å². The molecule has 0 saturated heterocycles. The molecule has 0 aromatic heterocycles.